The Balaban J connectivity index is 2.49. The lowest BCUT2D eigenvalue weighted by Crippen LogP contribution is -2.31. The molecule has 1 heterocycles. The number of nitrogens with zero attached hydrogens (tertiary/aromatic N) is 1. The van der Waals surface area contributed by atoms with Crippen molar-refractivity contribution in [2.45, 2.75) is 40.2 Å². The molecule has 100 valence electrons. The lowest BCUT2D eigenvalue weighted by molar-refractivity contribution is -0.121. The summed E-state index contributed by atoms with van der Waals surface area (Å²) in [4.78, 5) is 22.9. The molecular formula is C12H19N3O2S. The summed E-state index contributed by atoms with van der Waals surface area (Å²) < 4.78 is 4.14. The number of aryl methyl sites for hydroxylation is 1. The van der Waals surface area contributed by atoms with E-state index >= 15 is 0 Å². The molecule has 1 aromatic heterocycles. The number of hydrogen-bond donors (Lipinski definition) is 2. The van der Waals surface area contributed by atoms with Gasteiger partial charge in [0.2, 0.25) is 5.91 Å². The maximum absolute atomic E-state index is 11.4. The Labute approximate surface area is 111 Å². The Hall–Kier alpha value is -1.43. The first kappa shape index (κ1) is 14.6. The van der Waals surface area contributed by atoms with E-state index in [1.807, 2.05) is 20.8 Å². The molecular weight excluding hydrogens is 250 g/mol. The number of ketones is 1. The van der Waals surface area contributed by atoms with Gasteiger partial charge in [0.05, 0.1) is 11.3 Å². The maximum atomic E-state index is 11.4. The highest BCUT2D eigenvalue weighted by atomic mass is 32.1. The van der Waals surface area contributed by atoms with Gasteiger partial charge in [-0.2, -0.15) is 4.37 Å². The zero-order valence-electron chi connectivity index (χ0n) is 11.2. The Bertz CT molecular complexity index is 441. The Kier molecular flexibility index (Phi) is 5.27. The highest BCUT2D eigenvalue weighted by Crippen LogP contribution is 2.24. The van der Waals surface area contributed by atoms with Crippen molar-refractivity contribution >= 4 is 28.2 Å². The van der Waals surface area contributed by atoms with Crippen molar-refractivity contribution in [1.82, 2.24) is 9.69 Å². The van der Waals surface area contributed by atoms with E-state index in [0.717, 1.165) is 10.7 Å². The fourth-order valence-corrected chi connectivity index (χ4v) is 2.46. The molecule has 0 aromatic carbocycles. The van der Waals surface area contributed by atoms with Gasteiger partial charge < -0.3 is 10.6 Å². The molecule has 0 unspecified atom stereocenters. The maximum Gasteiger partial charge on any atom is 0.221 e. The number of aromatic nitrogens is 1. The average Bonchev–Trinajstić information content (AvgIpc) is 2.58. The third kappa shape index (κ3) is 4.10. The summed E-state index contributed by atoms with van der Waals surface area (Å²) in [6.07, 6.45) is 0.381. The molecule has 0 atom stereocenters. The predicted octanol–water partition coefficient (Wildman–Crippen LogP) is 1.98. The number of hydrogen-bond acceptors (Lipinski definition) is 5. The van der Waals surface area contributed by atoms with Gasteiger partial charge in [-0.1, -0.05) is 0 Å². The predicted molar refractivity (Wildman–Crippen MR) is 73.2 cm³/mol. The number of nitrogens with one attached hydrogen (secondary N) is 2. The van der Waals surface area contributed by atoms with Crippen molar-refractivity contribution in [3.05, 3.63) is 11.3 Å². The zero-order chi connectivity index (χ0) is 13.7. The SMILES string of the molecule is CC(=O)c1c(C)nsc1NCCC(=O)NC(C)C. The van der Waals surface area contributed by atoms with E-state index in [4.69, 9.17) is 0 Å². The van der Waals surface area contributed by atoms with Gasteiger partial charge in [-0.3, -0.25) is 9.59 Å². The van der Waals surface area contributed by atoms with Gasteiger partial charge in [0, 0.05) is 19.0 Å². The molecule has 2 N–H and O–H groups in total. The van der Waals surface area contributed by atoms with Crippen molar-refractivity contribution < 1.29 is 9.59 Å². The van der Waals surface area contributed by atoms with Gasteiger partial charge >= 0.3 is 0 Å². The number of amides is 1. The monoisotopic (exact) mass is 269 g/mol. The highest BCUT2D eigenvalue weighted by Gasteiger charge is 2.14. The van der Waals surface area contributed by atoms with Crippen LogP contribution in [0.4, 0.5) is 5.00 Å². The first-order valence-electron chi connectivity index (χ1n) is 5.92. The number of rotatable bonds is 6. The van der Waals surface area contributed by atoms with E-state index in [2.05, 4.69) is 15.0 Å². The fraction of sp³-hybridized carbons (Fsp3) is 0.583. The summed E-state index contributed by atoms with van der Waals surface area (Å²) in [5, 5.41) is 6.65. The van der Waals surface area contributed by atoms with Crippen LogP contribution in [0.25, 0.3) is 0 Å². The van der Waals surface area contributed by atoms with Crippen LogP contribution < -0.4 is 10.6 Å². The molecule has 18 heavy (non-hydrogen) atoms. The van der Waals surface area contributed by atoms with Crippen LogP contribution in [0.15, 0.2) is 0 Å². The summed E-state index contributed by atoms with van der Waals surface area (Å²) in [6, 6.07) is 0.149. The van der Waals surface area contributed by atoms with Crippen LogP contribution in [0.1, 0.15) is 43.2 Å². The molecule has 0 radical (unpaired) electrons. The number of carbonyl (C=O) groups excluding carboxylic acids is 2. The molecule has 1 amide bonds. The largest absolute Gasteiger partial charge is 0.375 e. The molecule has 1 rings (SSSR count). The Morgan fingerprint density at radius 1 is 1.39 bits per heavy atom. The van der Waals surface area contributed by atoms with Crippen molar-refractivity contribution in [2.24, 2.45) is 0 Å². The average molecular weight is 269 g/mol. The topological polar surface area (TPSA) is 71.1 Å². The van der Waals surface area contributed by atoms with E-state index in [-0.39, 0.29) is 17.7 Å². The Morgan fingerprint density at radius 3 is 2.61 bits per heavy atom. The van der Waals surface area contributed by atoms with Crippen LogP contribution in [0, 0.1) is 6.92 Å². The van der Waals surface area contributed by atoms with Crippen molar-refractivity contribution in [3.8, 4) is 0 Å². The van der Waals surface area contributed by atoms with Gasteiger partial charge in [-0.15, -0.1) is 0 Å². The smallest absolute Gasteiger partial charge is 0.221 e. The summed E-state index contributed by atoms with van der Waals surface area (Å²) in [6.45, 7) is 7.68. The quantitative estimate of drug-likeness (QED) is 0.775. The minimum absolute atomic E-state index is 0.00288. The molecule has 0 fully saturated rings. The Morgan fingerprint density at radius 2 is 2.06 bits per heavy atom. The van der Waals surface area contributed by atoms with Crippen LogP contribution >= 0.6 is 11.5 Å². The third-order valence-electron chi connectivity index (χ3n) is 2.30. The van der Waals surface area contributed by atoms with Crippen LogP contribution in [0.3, 0.4) is 0 Å². The van der Waals surface area contributed by atoms with Crippen LogP contribution in [0.5, 0.6) is 0 Å². The van der Waals surface area contributed by atoms with Gasteiger partial charge in [0.1, 0.15) is 5.00 Å². The summed E-state index contributed by atoms with van der Waals surface area (Å²) in [5.74, 6) is -0.00139. The normalized spacial score (nSPS) is 10.5. The van der Waals surface area contributed by atoms with E-state index in [1.165, 1.54) is 18.5 Å². The molecule has 5 nitrogen and oxygen atoms in total. The number of Topliss-reactive ketones (excluding diaryl/α,β-unsaturated/α-hetero) is 1. The van der Waals surface area contributed by atoms with Crippen molar-refractivity contribution in [3.63, 3.8) is 0 Å². The second-order valence-corrected chi connectivity index (χ2v) is 5.20. The minimum atomic E-state index is -0.00428. The molecule has 0 saturated heterocycles. The summed E-state index contributed by atoms with van der Waals surface area (Å²) in [5.41, 5.74) is 1.37. The molecule has 0 bridgehead atoms. The van der Waals surface area contributed by atoms with Gasteiger partial charge in [-0.25, -0.2) is 0 Å². The highest BCUT2D eigenvalue weighted by molar-refractivity contribution is 7.10. The fourth-order valence-electron chi connectivity index (χ4n) is 1.59. The second-order valence-electron chi connectivity index (χ2n) is 4.43. The van der Waals surface area contributed by atoms with Crippen LogP contribution in [-0.2, 0) is 4.79 Å². The summed E-state index contributed by atoms with van der Waals surface area (Å²) in [7, 11) is 0. The van der Waals surface area contributed by atoms with E-state index in [1.54, 1.807) is 0 Å². The molecule has 6 heteroatoms. The van der Waals surface area contributed by atoms with Gasteiger partial charge in [0.15, 0.2) is 5.78 Å². The second kappa shape index (κ2) is 6.49. The molecule has 1 aromatic rings. The van der Waals surface area contributed by atoms with E-state index in [0.29, 0.717) is 18.5 Å². The van der Waals surface area contributed by atoms with Crippen LogP contribution in [0.2, 0.25) is 0 Å². The standard InChI is InChI=1S/C12H19N3O2S/c1-7(2)14-10(17)5-6-13-12-11(9(4)16)8(3)15-18-12/h7,13H,5-6H2,1-4H3,(H,14,17). The van der Waals surface area contributed by atoms with Gasteiger partial charge in [-0.05, 0) is 39.2 Å². The third-order valence-corrected chi connectivity index (χ3v) is 3.20. The number of anilines is 1. The van der Waals surface area contributed by atoms with E-state index < -0.39 is 0 Å². The first-order valence-corrected chi connectivity index (χ1v) is 6.69. The molecule has 0 aliphatic carbocycles. The molecule has 0 aliphatic rings. The first-order chi connectivity index (χ1) is 8.41. The van der Waals surface area contributed by atoms with Crippen molar-refractivity contribution in [1.29, 1.82) is 0 Å². The molecule has 0 spiro atoms. The number of carbonyl (C=O) groups is 2. The minimum Gasteiger partial charge on any atom is -0.375 e. The van der Waals surface area contributed by atoms with Crippen molar-refractivity contribution in [2.75, 3.05) is 11.9 Å². The summed E-state index contributed by atoms with van der Waals surface area (Å²) >= 11 is 1.26. The molecule has 0 saturated carbocycles. The lowest BCUT2D eigenvalue weighted by atomic mass is 10.2. The zero-order valence-corrected chi connectivity index (χ0v) is 12.0. The lowest BCUT2D eigenvalue weighted by Gasteiger charge is -2.09. The molecule has 0 aliphatic heterocycles. The van der Waals surface area contributed by atoms with E-state index in [9.17, 15) is 9.59 Å². The van der Waals surface area contributed by atoms with Crippen LogP contribution in [-0.4, -0.2) is 28.7 Å². The van der Waals surface area contributed by atoms with Gasteiger partial charge in [0.25, 0.3) is 0 Å².